The number of ether oxygens (including phenoxy) is 1. The maximum Gasteiger partial charge on any atom is 0.294 e. The highest BCUT2D eigenvalue weighted by Crippen LogP contribution is 2.17. The van der Waals surface area contributed by atoms with Gasteiger partial charge in [-0.2, -0.15) is 0 Å². The maximum absolute atomic E-state index is 13.2. The molecule has 0 bridgehead atoms. The molecule has 30 heavy (non-hydrogen) atoms. The summed E-state index contributed by atoms with van der Waals surface area (Å²) in [6, 6.07) is 14.9. The predicted octanol–water partition coefficient (Wildman–Crippen LogP) is 2.43. The molecule has 0 spiro atoms. The molecule has 0 fully saturated rings. The molecule has 2 aromatic carbocycles. The van der Waals surface area contributed by atoms with Crippen LogP contribution in [0.5, 0.6) is 5.75 Å². The van der Waals surface area contributed by atoms with Gasteiger partial charge in [0, 0.05) is 13.1 Å². The Morgan fingerprint density at radius 2 is 1.83 bits per heavy atom. The van der Waals surface area contributed by atoms with Crippen LogP contribution < -0.4 is 10.3 Å². The number of nitrogens with one attached hydrogen (secondary N) is 1. The van der Waals surface area contributed by atoms with E-state index in [0.717, 1.165) is 5.56 Å². The lowest BCUT2D eigenvalue weighted by molar-refractivity contribution is 0.0695. The molecule has 0 unspecified atom stereocenters. The largest absolute Gasteiger partial charge is 0.481 e. The quantitative estimate of drug-likeness (QED) is 0.594. The summed E-state index contributed by atoms with van der Waals surface area (Å²) in [5.74, 6) is -0.870. The van der Waals surface area contributed by atoms with Crippen molar-refractivity contribution in [3.8, 4) is 5.75 Å². The summed E-state index contributed by atoms with van der Waals surface area (Å²) in [5, 5.41) is 9.41. The van der Waals surface area contributed by atoms with Gasteiger partial charge in [-0.15, -0.1) is 0 Å². The number of aromatic amines is 1. The normalized spacial score (nSPS) is 10.6. The van der Waals surface area contributed by atoms with Crippen LogP contribution in [-0.2, 0) is 13.2 Å². The summed E-state index contributed by atoms with van der Waals surface area (Å²) in [4.78, 5) is 33.7. The Hall–Kier alpha value is -3.52. The minimum Gasteiger partial charge on any atom is -0.481 e. The van der Waals surface area contributed by atoms with Crippen molar-refractivity contribution in [1.29, 1.82) is 0 Å². The van der Waals surface area contributed by atoms with E-state index in [1.807, 2.05) is 30.3 Å². The number of benzene rings is 2. The standard InChI is InChI=1S/C22H22FN3O4/c1-15-24-19(20(21(28)25-15)30-14-17-5-3-2-4-6-17)22(29)26(11-12-27)13-16-7-9-18(23)10-8-16/h2-10,27H,11-14H2,1H3,(H,24,25,28). The lowest BCUT2D eigenvalue weighted by atomic mass is 10.2. The van der Waals surface area contributed by atoms with Crippen molar-refractivity contribution in [2.24, 2.45) is 0 Å². The van der Waals surface area contributed by atoms with Crippen LogP contribution in [0.1, 0.15) is 27.4 Å². The number of carbonyl (C=O) groups is 1. The van der Waals surface area contributed by atoms with Gasteiger partial charge in [-0.1, -0.05) is 42.5 Å². The summed E-state index contributed by atoms with van der Waals surface area (Å²) in [5.41, 5.74) is 0.802. The molecule has 0 saturated heterocycles. The molecule has 0 radical (unpaired) electrons. The van der Waals surface area contributed by atoms with E-state index in [9.17, 15) is 19.1 Å². The number of hydrogen-bond acceptors (Lipinski definition) is 5. The van der Waals surface area contributed by atoms with Crippen LogP contribution in [0, 0.1) is 12.7 Å². The van der Waals surface area contributed by atoms with Gasteiger partial charge in [0.1, 0.15) is 18.2 Å². The van der Waals surface area contributed by atoms with Crippen LogP contribution >= 0.6 is 0 Å². The summed E-state index contributed by atoms with van der Waals surface area (Å²) >= 11 is 0. The first kappa shape index (κ1) is 21.2. The number of nitrogens with zero attached hydrogens (tertiary/aromatic N) is 2. The topological polar surface area (TPSA) is 95.5 Å². The fourth-order valence-corrected chi connectivity index (χ4v) is 2.92. The monoisotopic (exact) mass is 411 g/mol. The Morgan fingerprint density at radius 3 is 2.50 bits per heavy atom. The van der Waals surface area contributed by atoms with E-state index >= 15 is 0 Å². The van der Waals surface area contributed by atoms with Crippen LogP contribution in [0.15, 0.2) is 59.4 Å². The number of aliphatic hydroxyl groups is 1. The number of hydrogen-bond donors (Lipinski definition) is 2. The van der Waals surface area contributed by atoms with Crippen molar-refractivity contribution in [3.63, 3.8) is 0 Å². The second-order valence-electron chi connectivity index (χ2n) is 6.68. The molecule has 0 aliphatic rings. The Morgan fingerprint density at radius 1 is 1.13 bits per heavy atom. The number of halogens is 1. The third kappa shape index (κ3) is 5.30. The SMILES string of the molecule is Cc1nc(C(=O)N(CCO)Cc2ccc(F)cc2)c(OCc2ccccc2)c(=O)[nH]1. The van der Waals surface area contributed by atoms with Gasteiger partial charge in [0.2, 0.25) is 5.75 Å². The van der Waals surface area contributed by atoms with E-state index in [1.165, 1.54) is 17.0 Å². The molecule has 3 aromatic rings. The Kier molecular flexibility index (Phi) is 6.92. The average molecular weight is 411 g/mol. The van der Waals surface area contributed by atoms with E-state index in [-0.39, 0.29) is 49.4 Å². The molecule has 1 heterocycles. The number of aromatic nitrogens is 2. The van der Waals surface area contributed by atoms with Gasteiger partial charge in [-0.25, -0.2) is 9.37 Å². The Labute approximate surface area is 172 Å². The van der Waals surface area contributed by atoms with Crippen molar-refractivity contribution in [2.45, 2.75) is 20.1 Å². The Balaban J connectivity index is 1.89. The van der Waals surface area contributed by atoms with Crippen LogP contribution in [0.25, 0.3) is 0 Å². The second-order valence-corrected chi connectivity index (χ2v) is 6.68. The summed E-state index contributed by atoms with van der Waals surface area (Å²) in [6.45, 7) is 1.50. The minimum atomic E-state index is -0.564. The number of aryl methyl sites for hydroxylation is 1. The molecule has 8 heteroatoms. The van der Waals surface area contributed by atoms with Crippen molar-refractivity contribution in [2.75, 3.05) is 13.2 Å². The first-order valence-electron chi connectivity index (χ1n) is 9.40. The van der Waals surface area contributed by atoms with Gasteiger partial charge in [-0.3, -0.25) is 9.59 Å². The van der Waals surface area contributed by atoms with Gasteiger partial charge < -0.3 is 19.7 Å². The summed E-state index contributed by atoms with van der Waals surface area (Å²) in [6.07, 6.45) is 0. The fraction of sp³-hybridized carbons (Fsp3) is 0.227. The van der Waals surface area contributed by atoms with E-state index in [0.29, 0.717) is 5.56 Å². The van der Waals surface area contributed by atoms with Crippen molar-refractivity contribution < 1.29 is 19.0 Å². The molecule has 156 valence electrons. The fourth-order valence-electron chi connectivity index (χ4n) is 2.92. The minimum absolute atomic E-state index is 0.0157. The highest BCUT2D eigenvalue weighted by Gasteiger charge is 2.24. The van der Waals surface area contributed by atoms with E-state index in [4.69, 9.17) is 4.74 Å². The van der Waals surface area contributed by atoms with E-state index < -0.39 is 11.5 Å². The van der Waals surface area contributed by atoms with Gasteiger partial charge >= 0.3 is 0 Å². The highest BCUT2D eigenvalue weighted by atomic mass is 19.1. The molecule has 7 nitrogen and oxygen atoms in total. The number of H-pyrrole nitrogens is 1. The first-order chi connectivity index (χ1) is 14.5. The third-order valence-electron chi connectivity index (χ3n) is 4.37. The molecule has 3 rings (SSSR count). The zero-order valence-electron chi connectivity index (χ0n) is 16.5. The zero-order chi connectivity index (χ0) is 21.5. The molecule has 2 N–H and O–H groups in total. The van der Waals surface area contributed by atoms with Crippen molar-refractivity contribution in [3.05, 3.63) is 93.4 Å². The van der Waals surface area contributed by atoms with Crippen LogP contribution in [0.4, 0.5) is 4.39 Å². The molecule has 0 saturated carbocycles. The average Bonchev–Trinajstić information content (AvgIpc) is 2.74. The van der Waals surface area contributed by atoms with E-state index in [1.54, 1.807) is 19.1 Å². The van der Waals surface area contributed by atoms with Crippen LogP contribution in [0.2, 0.25) is 0 Å². The summed E-state index contributed by atoms with van der Waals surface area (Å²) < 4.78 is 18.8. The number of rotatable bonds is 8. The van der Waals surface area contributed by atoms with E-state index in [2.05, 4.69) is 9.97 Å². The number of aliphatic hydroxyl groups excluding tert-OH is 1. The molecular formula is C22H22FN3O4. The van der Waals surface area contributed by atoms with Crippen molar-refractivity contribution in [1.82, 2.24) is 14.9 Å². The van der Waals surface area contributed by atoms with Crippen molar-refractivity contribution >= 4 is 5.91 Å². The van der Waals surface area contributed by atoms with Crippen LogP contribution in [-0.4, -0.2) is 39.0 Å². The smallest absolute Gasteiger partial charge is 0.294 e. The molecule has 0 aliphatic carbocycles. The van der Waals surface area contributed by atoms with Gasteiger partial charge in [0.05, 0.1) is 6.61 Å². The zero-order valence-corrected chi connectivity index (χ0v) is 16.5. The summed E-state index contributed by atoms with van der Waals surface area (Å²) in [7, 11) is 0. The lowest BCUT2D eigenvalue weighted by Crippen LogP contribution is -2.35. The number of amides is 1. The highest BCUT2D eigenvalue weighted by molar-refractivity contribution is 5.94. The van der Waals surface area contributed by atoms with Crippen LogP contribution in [0.3, 0.4) is 0 Å². The molecular weight excluding hydrogens is 389 g/mol. The molecule has 1 aromatic heterocycles. The molecule has 1 amide bonds. The maximum atomic E-state index is 13.2. The third-order valence-corrected chi connectivity index (χ3v) is 4.37. The number of carbonyl (C=O) groups excluding carboxylic acids is 1. The molecule has 0 atom stereocenters. The van der Waals surface area contributed by atoms with Gasteiger partial charge in [-0.05, 0) is 30.2 Å². The Bertz CT molecular complexity index is 1050. The second kappa shape index (κ2) is 9.80. The van der Waals surface area contributed by atoms with Gasteiger partial charge in [0.25, 0.3) is 11.5 Å². The van der Waals surface area contributed by atoms with Gasteiger partial charge in [0.15, 0.2) is 5.69 Å². The predicted molar refractivity (Wildman–Crippen MR) is 109 cm³/mol. The lowest BCUT2D eigenvalue weighted by Gasteiger charge is -2.22. The first-order valence-corrected chi connectivity index (χ1v) is 9.40. The molecule has 0 aliphatic heterocycles.